The van der Waals surface area contributed by atoms with Crippen molar-refractivity contribution in [3.8, 4) is 5.69 Å². The SMILES string of the molecule is O=C(O)c1c(C2CCCC2)nn(-c2ccccc2Cl)c1Cl. The lowest BCUT2D eigenvalue weighted by Crippen LogP contribution is -2.04. The van der Waals surface area contributed by atoms with Gasteiger partial charge in [-0.3, -0.25) is 0 Å². The zero-order valence-corrected chi connectivity index (χ0v) is 12.7. The summed E-state index contributed by atoms with van der Waals surface area (Å²) in [6.07, 6.45) is 4.10. The average Bonchev–Trinajstić information content (AvgIpc) is 3.06. The fraction of sp³-hybridized carbons (Fsp3) is 0.333. The Hall–Kier alpha value is -1.52. The van der Waals surface area contributed by atoms with E-state index in [4.69, 9.17) is 23.2 Å². The van der Waals surface area contributed by atoms with Gasteiger partial charge in [-0.25, -0.2) is 9.48 Å². The number of carboxylic acid groups (broad SMARTS) is 1. The van der Waals surface area contributed by atoms with Crippen LogP contribution in [0.4, 0.5) is 0 Å². The van der Waals surface area contributed by atoms with Crippen molar-refractivity contribution in [2.75, 3.05) is 0 Å². The van der Waals surface area contributed by atoms with Gasteiger partial charge >= 0.3 is 5.97 Å². The number of carboxylic acids is 1. The highest BCUT2D eigenvalue weighted by atomic mass is 35.5. The highest BCUT2D eigenvalue weighted by Gasteiger charge is 2.30. The third kappa shape index (κ3) is 2.54. The van der Waals surface area contributed by atoms with Gasteiger partial charge in [0, 0.05) is 5.92 Å². The van der Waals surface area contributed by atoms with Gasteiger partial charge < -0.3 is 5.11 Å². The van der Waals surface area contributed by atoms with Gasteiger partial charge in [0.2, 0.25) is 0 Å². The van der Waals surface area contributed by atoms with Crippen molar-refractivity contribution in [3.63, 3.8) is 0 Å². The summed E-state index contributed by atoms with van der Waals surface area (Å²) >= 11 is 12.4. The second-order valence-electron chi connectivity index (χ2n) is 5.20. The van der Waals surface area contributed by atoms with Gasteiger partial charge in [0.25, 0.3) is 0 Å². The van der Waals surface area contributed by atoms with E-state index in [2.05, 4.69) is 5.10 Å². The van der Waals surface area contributed by atoms with Gasteiger partial charge in [-0.2, -0.15) is 5.10 Å². The summed E-state index contributed by atoms with van der Waals surface area (Å²) < 4.78 is 1.43. The van der Waals surface area contributed by atoms with E-state index in [-0.39, 0.29) is 16.6 Å². The Labute approximate surface area is 132 Å². The molecule has 0 atom stereocenters. The molecular weight excluding hydrogens is 311 g/mol. The van der Waals surface area contributed by atoms with Crippen LogP contribution in [0.3, 0.4) is 0 Å². The van der Waals surface area contributed by atoms with Gasteiger partial charge in [0.1, 0.15) is 10.7 Å². The first-order valence-corrected chi connectivity index (χ1v) is 7.61. The molecule has 1 saturated carbocycles. The Bertz CT molecular complexity index is 691. The number of nitrogens with zero attached hydrogens (tertiary/aromatic N) is 2. The zero-order chi connectivity index (χ0) is 15.0. The number of rotatable bonds is 3. The number of hydrogen-bond donors (Lipinski definition) is 1. The van der Waals surface area contributed by atoms with Crippen LogP contribution in [-0.4, -0.2) is 20.9 Å². The van der Waals surface area contributed by atoms with E-state index in [1.165, 1.54) is 4.68 Å². The molecule has 0 amide bonds. The molecule has 1 N–H and O–H groups in total. The Morgan fingerprint density at radius 3 is 2.52 bits per heavy atom. The maximum atomic E-state index is 11.6. The second-order valence-corrected chi connectivity index (χ2v) is 5.97. The van der Waals surface area contributed by atoms with E-state index in [1.54, 1.807) is 18.2 Å². The molecule has 2 aromatic rings. The van der Waals surface area contributed by atoms with Crippen molar-refractivity contribution >= 4 is 29.2 Å². The van der Waals surface area contributed by atoms with Gasteiger partial charge in [-0.05, 0) is 25.0 Å². The van der Waals surface area contributed by atoms with Crippen molar-refractivity contribution in [1.29, 1.82) is 0 Å². The summed E-state index contributed by atoms with van der Waals surface area (Å²) in [6, 6.07) is 7.12. The smallest absolute Gasteiger partial charge is 0.340 e. The predicted octanol–water partition coefficient (Wildman–Crippen LogP) is 4.53. The fourth-order valence-electron chi connectivity index (χ4n) is 2.88. The number of aromatic nitrogens is 2. The minimum Gasteiger partial charge on any atom is -0.478 e. The normalized spacial score (nSPS) is 15.5. The molecule has 0 aliphatic heterocycles. The number of aromatic carboxylic acids is 1. The third-order valence-corrected chi connectivity index (χ3v) is 4.56. The Morgan fingerprint density at radius 2 is 1.90 bits per heavy atom. The lowest BCUT2D eigenvalue weighted by Gasteiger charge is -2.06. The molecule has 4 nitrogen and oxygen atoms in total. The van der Waals surface area contributed by atoms with E-state index in [0.717, 1.165) is 25.7 Å². The van der Waals surface area contributed by atoms with Gasteiger partial charge in [-0.15, -0.1) is 0 Å². The van der Waals surface area contributed by atoms with Crippen molar-refractivity contribution in [3.05, 3.63) is 45.7 Å². The summed E-state index contributed by atoms with van der Waals surface area (Å²) in [5.41, 5.74) is 1.27. The Kier molecular flexibility index (Phi) is 3.91. The highest BCUT2D eigenvalue weighted by Crippen LogP contribution is 2.38. The number of halogens is 2. The van der Waals surface area contributed by atoms with Crippen LogP contribution in [0.1, 0.15) is 47.7 Å². The van der Waals surface area contributed by atoms with Crippen molar-refractivity contribution in [2.45, 2.75) is 31.6 Å². The lowest BCUT2D eigenvalue weighted by atomic mass is 10.0. The molecule has 6 heteroatoms. The first kappa shape index (κ1) is 14.4. The van der Waals surface area contributed by atoms with Crippen molar-refractivity contribution in [2.24, 2.45) is 0 Å². The van der Waals surface area contributed by atoms with Crippen LogP contribution >= 0.6 is 23.2 Å². The molecule has 0 bridgehead atoms. The standard InChI is InChI=1S/C15H14Cl2N2O2/c16-10-7-3-4-8-11(10)19-14(17)12(15(20)21)13(18-19)9-5-1-2-6-9/h3-4,7-9H,1-2,5-6H2,(H,20,21). The number of benzene rings is 1. The molecule has 1 aliphatic rings. The molecule has 0 unspecified atom stereocenters. The zero-order valence-electron chi connectivity index (χ0n) is 11.2. The molecule has 0 saturated heterocycles. The topological polar surface area (TPSA) is 55.1 Å². The summed E-state index contributed by atoms with van der Waals surface area (Å²) in [5.74, 6) is -0.877. The molecule has 110 valence electrons. The first-order chi connectivity index (χ1) is 10.1. The van der Waals surface area contributed by atoms with Crippen LogP contribution in [0.5, 0.6) is 0 Å². The highest BCUT2D eigenvalue weighted by molar-refractivity contribution is 6.34. The molecule has 0 radical (unpaired) electrons. The van der Waals surface area contributed by atoms with Gasteiger partial charge in [0.15, 0.2) is 0 Å². The maximum Gasteiger partial charge on any atom is 0.340 e. The van der Waals surface area contributed by atoms with Gasteiger partial charge in [-0.1, -0.05) is 48.2 Å². The molecule has 0 spiro atoms. The molecule has 1 aromatic heterocycles. The lowest BCUT2D eigenvalue weighted by molar-refractivity contribution is 0.0695. The van der Waals surface area contributed by atoms with E-state index in [0.29, 0.717) is 16.4 Å². The van der Waals surface area contributed by atoms with Crippen LogP contribution in [0.25, 0.3) is 5.69 Å². The first-order valence-electron chi connectivity index (χ1n) is 6.86. The van der Waals surface area contributed by atoms with Crippen LogP contribution in [0.2, 0.25) is 10.2 Å². The van der Waals surface area contributed by atoms with E-state index in [9.17, 15) is 9.90 Å². The summed E-state index contributed by atoms with van der Waals surface area (Å²) in [5, 5.41) is 14.5. The number of carbonyl (C=O) groups is 1. The Morgan fingerprint density at radius 1 is 1.24 bits per heavy atom. The molecule has 1 aliphatic carbocycles. The van der Waals surface area contributed by atoms with E-state index < -0.39 is 5.97 Å². The summed E-state index contributed by atoms with van der Waals surface area (Å²) in [6.45, 7) is 0. The maximum absolute atomic E-state index is 11.6. The minimum absolute atomic E-state index is 0.100. The van der Waals surface area contributed by atoms with E-state index in [1.807, 2.05) is 6.07 Å². The third-order valence-electron chi connectivity index (χ3n) is 3.89. The summed E-state index contributed by atoms with van der Waals surface area (Å²) in [4.78, 5) is 11.6. The molecule has 1 heterocycles. The second kappa shape index (κ2) is 5.70. The Balaban J connectivity index is 2.17. The number of hydrogen-bond acceptors (Lipinski definition) is 2. The fourth-order valence-corrected chi connectivity index (χ4v) is 3.40. The van der Waals surface area contributed by atoms with Crippen LogP contribution < -0.4 is 0 Å². The largest absolute Gasteiger partial charge is 0.478 e. The van der Waals surface area contributed by atoms with Crippen LogP contribution in [0, 0.1) is 0 Å². The molecular formula is C15H14Cl2N2O2. The number of para-hydroxylation sites is 1. The average molecular weight is 325 g/mol. The van der Waals surface area contributed by atoms with Crippen molar-refractivity contribution in [1.82, 2.24) is 9.78 Å². The van der Waals surface area contributed by atoms with Crippen molar-refractivity contribution < 1.29 is 9.90 Å². The van der Waals surface area contributed by atoms with E-state index >= 15 is 0 Å². The monoisotopic (exact) mass is 324 g/mol. The molecule has 1 fully saturated rings. The molecule has 1 aromatic carbocycles. The van der Waals surface area contributed by atoms with Crippen LogP contribution in [-0.2, 0) is 0 Å². The van der Waals surface area contributed by atoms with Gasteiger partial charge in [0.05, 0.1) is 16.4 Å². The predicted molar refractivity (Wildman–Crippen MR) is 81.8 cm³/mol. The molecule has 3 rings (SSSR count). The quantitative estimate of drug-likeness (QED) is 0.902. The summed E-state index contributed by atoms with van der Waals surface area (Å²) in [7, 11) is 0. The minimum atomic E-state index is -1.04. The van der Waals surface area contributed by atoms with Crippen LogP contribution in [0.15, 0.2) is 24.3 Å². The molecule has 21 heavy (non-hydrogen) atoms.